The van der Waals surface area contributed by atoms with Crippen LogP contribution in [0.25, 0.3) is 0 Å². The lowest BCUT2D eigenvalue weighted by Crippen LogP contribution is -2.56. The monoisotopic (exact) mass is 396 g/mol. The number of hydrogen-bond donors (Lipinski definition) is 2. The number of aryl methyl sites for hydroxylation is 2. The first kappa shape index (κ1) is 21.4. The number of alkyl halides is 4. The van der Waals surface area contributed by atoms with E-state index in [1.165, 1.54) is 24.3 Å². The van der Waals surface area contributed by atoms with Gasteiger partial charge in [0.15, 0.2) is 0 Å². The van der Waals surface area contributed by atoms with E-state index < -0.39 is 23.7 Å². The maximum absolute atomic E-state index is 14.1. The van der Waals surface area contributed by atoms with E-state index in [4.69, 9.17) is 0 Å². The predicted octanol–water partition coefficient (Wildman–Crippen LogP) is 4.66. The maximum Gasteiger partial charge on any atom is 0.396 e. The molecule has 0 aliphatic heterocycles. The van der Waals surface area contributed by atoms with Crippen LogP contribution in [0.1, 0.15) is 25.0 Å². The molecule has 0 radical (unpaired) electrons. The van der Waals surface area contributed by atoms with Crippen molar-refractivity contribution in [2.24, 2.45) is 0 Å². The predicted molar refractivity (Wildman–Crippen MR) is 98.8 cm³/mol. The molecule has 2 N–H and O–H groups in total. The van der Waals surface area contributed by atoms with Gasteiger partial charge in [0, 0.05) is 11.4 Å². The molecule has 2 amide bonds. The molecule has 8 heteroatoms. The molecule has 0 saturated carbocycles. The number of nitrogens with one attached hydrogen (secondary N) is 2. The molecule has 0 heterocycles. The van der Waals surface area contributed by atoms with Crippen LogP contribution in [-0.2, 0) is 22.4 Å². The third-order valence-electron chi connectivity index (χ3n) is 4.20. The van der Waals surface area contributed by atoms with Crippen LogP contribution in [0, 0.1) is 0 Å². The van der Waals surface area contributed by atoms with E-state index >= 15 is 0 Å². The summed E-state index contributed by atoms with van der Waals surface area (Å²) < 4.78 is 56.3. The van der Waals surface area contributed by atoms with E-state index in [9.17, 15) is 27.2 Å². The zero-order valence-corrected chi connectivity index (χ0v) is 15.4. The quantitative estimate of drug-likeness (QED) is 0.669. The summed E-state index contributed by atoms with van der Waals surface area (Å²) in [7, 11) is 0. The molecule has 0 saturated heterocycles. The molecule has 0 aliphatic rings. The first-order valence-electron chi connectivity index (χ1n) is 8.68. The van der Waals surface area contributed by atoms with Gasteiger partial charge in [-0.3, -0.25) is 9.59 Å². The van der Waals surface area contributed by atoms with Crippen LogP contribution in [-0.4, -0.2) is 23.7 Å². The number of hydrogen-bond acceptors (Lipinski definition) is 2. The Balaban J connectivity index is 2.12. The molecule has 2 aromatic rings. The zero-order valence-electron chi connectivity index (χ0n) is 15.4. The highest BCUT2D eigenvalue weighted by Crippen LogP contribution is 2.36. The third kappa shape index (κ3) is 4.49. The number of carbonyl (C=O) groups is 2. The molecule has 0 bridgehead atoms. The zero-order chi connectivity index (χ0) is 20.9. The minimum atomic E-state index is -5.25. The Morgan fingerprint density at radius 1 is 0.679 bits per heavy atom. The van der Waals surface area contributed by atoms with Crippen molar-refractivity contribution in [2.45, 2.75) is 38.5 Å². The van der Waals surface area contributed by atoms with E-state index in [0.717, 1.165) is 11.1 Å². The fourth-order valence-corrected chi connectivity index (χ4v) is 2.35. The summed E-state index contributed by atoms with van der Waals surface area (Å²) in [6, 6.07) is 11.6. The summed E-state index contributed by atoms with van der Waals surface area (Å²) in [6.07, 6.45) is 1.36. The summed E-state index contributed by atoms with van der Waals surface area (Å²) in [5.74, 6) is -15.0. The Hall–Kier alpha value is -2.90. The molecule has 0 aliphatic carbocycles. The van der Waals surface area contributed by atoms with E-state index in [1.807, 2.05) is 13.8 Å². The highest BCUT2D eigenvalue weighted by atomic mass is 19.3. The Morgan fingerprint density at radius 2 is 0.964 bits per heavy atom. The van der Waals surface area contributed by atoms with Crippen LogP contribution in [0.5, 0.6) is 0 Å². The van der Waals surface area contributed by atoms with Gasteiger partial charge in [0.25, 0.3) is 0 Å². The number of benzene rings is 2. The Kier molecular flexibility index (Phi) is 6.43. The minimum Gasteiger partial charge on any atom is -0.321 e. The summed E-state index contributed by atoms with van der Waals surface area (Å²) in [4.78, 5) is 23.5. The summed E-state index contributed by atoms with van der Waals surface area (Å²) >= 11 is 0. The van der Waals surface area contributed by atoms with Gasteiger partial charge in [0.2, 0.25) is 0 Å². The van der Waals surface area contributed by atoms with Crippen molar-refractivity contribution in [3.05, 3.63) is 59.7 Å². The number of carbonyl (C=O) groups excluding carboxylic acids is 2. The van der Waals surface area contributed by atoms with Crippen molar-refractivity contribution in [3.8, 4) is 0 Å². The van der Waals surface area contributed by atoms with Crippen LogP contribution in [0.4, 0.5) is 28.9 Å². The first-order chi connectivity index (χ1) is 13.1. The normalized spacial score (nSPS) is 11.8. The molecular formula is C20H20F4N2O2. The van der Waals surface area contributed by atoms with Gasteiger partial charge in [-0.25, -0.2) is 0 Å². The lowest BCUT2D eigenvalue weighted by atomic mass is 10.1. The highest BCUT2D eigenvalue weighted by molar-refractivity contribution is 6.05. The molecule has 2 rings (SSSR count). The van der Waals surface area contributed by atoms with E-state index in [0.29, 0.717) is 12.8 Å². The maximum atomic E-state index is 14.1. The van der Waals surface area contributed by atoms with Gasteiger partial charge in [-0.05, 0) is 48.2 Å². The molecule has 4 nitrogen and oxygen atoms in total. The molecule has 0 fully saturated rings. The van der Waals surface area contributed by atoms with Crippen molar-refractivity contribution in [3.63, 3.8) is 0 Å². The van der Waals surface area contributed by atoms with Crippen LogP contribution >= 0.6 is 0 Å². The molecule has 28 heavy (non-hydrogen) atoms. The van der Waals surface area contributed by atoms with Crippen LogP contribution in [0.2, 0.25) is 0 Å². The topological polar surface area (TPSA) is 58.2 Å². The van der Waals surface area contributed by atoms with Gasteiger partial charge in [-0.15, -0.1) is 0 Å². The fraction of sp³-hybridized carbons (Fsp3) is 0.300. The van der Waals surface area contributed by atoms with Crippen molar-refractivity contribution < 1.29 is 27.2 Å². The molecule has 0 atom stereocenters. The summed E-state index contributed by atoms with van der Waals surface area (Å²) in [5, 5.41) is 3.45. The highest BCUT2D eigenvalue weighted by Gasteiger charge is 2.67. The second kappa shape index (κ2) is 8.41. The average Bonchev–Trinajstić information content (AvgIpc) is 2.68. The largest absolute Gasteiger partial charge is 0.396 e. The van der Waals surface area contributed by atoms with Gasteiger partial charge >= 0.3 is 23.7 Å². The number of amides is 2. The number of anilines is 2. The lowest BCUT2D eigenvalue weighted by Gasteiger charge is -2.24. The molecule has 150 valence electrons. The van der Waals surface area contributed by atoms with Crippen molar-refractivity contribution >= 4 is 23.2 Å². The lowest BCUT2D eigenvalue weighted by molar-refractivity contribution is -0.204. The standard InChI is InChI=1S/C20H20F4N2O2/c1-3-13-5-9-15(10-6-13)25-17(27)19(21,22)20(23,24)18(28)26-16-11-7-14(4-2)8-12-16/h5-12H,3-4H2,1-2H3,(H,25,27)(H,26,28). The molecule has 2 aromatic carbocycles. The summed E-state index contributed by atoms with van der Waals surface area (Å²) in [6.45, 7) is 3.74. The van der Waals surface area contributed by atoms with E-state index in [1.54, 1.807) is 34.9 Å². The van der Waals surface area contributed by atoms with Gasteiger partial charge in [-0.2, -0.15) is 17.6 Å². The van der Waals surface area contributed by atoms with Crippen molar-refractivity contribution in [1.29, 1.82) is 0 Å². The van der Waals surface area contributed by atoms with E-state index in [2.05, 4.69) is 0 Å². The van der Waals surface area contributed by atoms with Gasteiger partial charge < -0.3 is 10.6 Å². The minimum absolute atomic E-state index is 0.0757. The second-order valence-electron chi connectivity index (χ2n) is 6.16. The number of rotatable bonds is 7. The second-order valence-corrected chi connectivity index (χ2v) is 6.16. The Labute approximate surface area is 159 Å². The molecule has 0 unspecified atom stereocenters. The van der Waals surface area contributed by atoms with E-state index in [-0.39, 0.29) is 11.4 Å². The van der Waals surface area contributed by atoms with Crippen LogP contribution in [0.3, 0.4) is 0 Å². The SMILES string of the molecule is CCc1ccc(NC(=O)C(F)(F)C(F)(F)C(=O)Nc2ccc(CC)cc2)cc1. The van der Waals surface area contributed by atoms with Gasteiger partial charge in [0.1, 0.15) is 0 Å². The number of halogens is 4. The average molecular weight is 396 g/mol. The fourth-order valence-electron chi connectivity index (χ4n) is 2.35. The van der Waals surface area contributed by atoms with Gasteiger partial charge in [-0.1, -0.05) is 38.1 Å². The molecule has 0 spiro atoms. The summed E-state index contributed by atoms with van der Waals surface area (Å²) in [5.41, 5.74) is 1.61. The first-order valence-corrected chi connectivity index (χ1v) is 8.68. The smallest absolute Gasteiger partial charge is 0.321 e. The third-order valence-corrected chi connectivity index (χ3v) is 4.20. The molecular weight excluding hydrogens is 376 g/mol. The van der Waals surface area contributed by atoms with Gasteiger partial charge in [0.05, 0.1) is 0 Å². The molecule has 0 aromatic heterocycles. The van der Waals surface area contributed by atoms with Crippen molar-refractivity contribution in [2.75, 3.05) is 10.6 Å². The Morgan fingerprint density at radius 3 is 1.21 bits per heavy atom. The van der Waals surface area contributed by atoms with Crippen LogP contribution < -0.4 is 10.6 Å². The Bertz CT molecular complexity index is 763. The van der Waals surface area contributed by atoms with Crippen LogP contribution in [0.15, 0.2) is 48.5 Å². The van der Waals surface area contributed by atoms with Crippen molar-refractivity contribution in [1.82, 2.24) is 0 Å².